The number of fused-ring (bicyclic) bond motifs is 5. The van der Waals surface area contributed by atoms with Gasteiger partial charge in [0, 0.05) is 42.2 Å². The number of H-pyrrole nitrogens is 1. The van der Waals surface area contributed by atoms with E-state index in [1.165, 1.54) is 16.6 Å². The van der Waals surface area contributed by atoms with Crippen molar-refractivity contribution in [3.05, 3.63) is 29.5 Å². The van der Waals surface area contributed by atoms with E-state index in [4.69, 9.17) is 9.47 Å². The van der Waals surface area contributed by atoms with Crippen LogP contribution < -0.4 is 4.74 Å². The lowest BCUT2D eigenvalue weighted by Crippen LogP contribution is -2.46. The number of rotatable bonds is 5. The van der Waals surface area contributed by atoms with Crippen LogP contribution in [0.5, 0.6) is 5.75 Å². The van der Waals surface area contributed by atoms with Gasteiger partial charge in [0.1, 0.15) is 5.75 Å². The average Bonchev–Trinajstić information content (AvgIpc) is 3.05. The Morgan fingerprint density at radius 2 is 2.15 bits per heavy atom. The van der Waals surface area contributed by atoms with Crippen LogP contribution in [0.1, 0.15) is 50.4 Å². The summed E-state index contributed by atoms with van der Waals surface area (Å²) in [6.45, 7) is 6.76. The molecule has 3 atom stereocenters. The molecule has 1 saturated heterocycles. The zero-order valence-corrected chi connectivity index (χ0v) is 16.6. The minimum Gasteiger partial charge on any atom is -0.497 e. The Labute approximate surface area is 161 Å². The minimum atomic E-state index is -0.0492. The second-order valence-electron chi connectivity index (χ2n) is 7.86. The summed E-state index contributed by atoms with van der Waals surface area (Å²) in [4.78, 5) is 18.4. The van der Waals surface area contributed by atoms with Crippen LogP contribution in [0.2, 0.25) is 0 Å². The van der Waals surface area contributed by atoms with Crippen LogP contribution in [0.4, 0.5) is 0 Å². The van der Waals surface area contributed by atoms with E-state index in [9.17, 15) is 4.79 Å². The number of aromatic amines is 1. The van der Waals surface area contributed by atoms with Gasteiger partial charge in [-0.25, -0.2) is 0 Å². The number of aromatic nitrogens is 1. The molecule has 0 bridgehead atoms. The van der Waals surface area contributed by atoms with Crippen LogP contribution in [0.15, 0.2) is 18.2 Å². The molecule has 0 amide bonds. The highest BCUT2D eigenvalue weighted by Crippen LogP contribution is 2.44. The highest BCUT2D eigenvalue weighted by molar-refractivity contribution is 5.86. The van der Waals surface area contributed by atoms with Crippen molar-refractivity contribution in [1.82, 2.24) is 9.88 Å². The fourth-order valence-corrected chi connectivity index (χ4v) is 5.09. The molecule has 1 fully saturated rings. The van der Waals surface area contributed by atoms with Gasteiger partial charge in [0.15, 0.2) is 0 Å². The van der Waals surface area contributed by atoms with Gasteiger partial charge >= 0.3 is 5.97 Å². The van der Waals surface area contributed by atoms with Crippen molar-refractivity contribution in [2.24, 2.45) is 11.8 Å². The predicted molar refractivity (Wildman–Crippen MR) is 106 cm³/mol. The molecule has 5 heteroatoms. The number of carbonyl (C=O) groups excluding carboxylic acids is 1. The van der Waals surface area contributed by atoms with Gasteiger partial charge in [0.2, 0.25) is 0 Å². The third-order valence-electron chi connectivity index (χ3n) is 6.49. The van der Waals surface area contributed by atoms with Crippen LogP contribution >= 0.6 is 0 Å². The number of benzene rings is 1. The number of ether oxygens (including phenoxy) is 2. The Morgan fingerprint density at radius 3 is 2.89 bits per heavy atom. The molecule has 0 aliphatic carbocycles. The summed E-state index contributed by atoms with van der Waals surface area (Å²) in [5.41, 5.74) is 3.94. The van der Waals surface area contributed by atoms with E-state index in [2.05, 4.69) is 28.9 Å². The standard InChI is InChI=1S/C22H30N2O3/c1-4-14-13-24-9-8-18-17-7-6-16(26-3)12-19(17)23-22(18)20(24)10-15(14)11-21(25)27-5-2/h6-7,12,14-15,20,23H,4-5,8-11,13H2,1-3H3/t14-,15+,20-/m0/s1. The van der Waals surface area contributed by atoms with Crippen molar-refractivity contribution >= 4 is 16.9 Å². The van der Waals surface area contributed by atoms with Gasteiger partial charge in [-0.3, -0.25) is 9.69 Å². The summed E-state index contributed by atoms with van der Waals surface area (Å²) in [5.74, 6) is 1.79. The number of hydrogen-bond acceptors (Lipinski definition) is 4. The van der Waals surface area contributed by atoms with Gasteiger partial charge in [0.25, 0.3) is 0 Å². The molecule has 3 heterocycles. The number of nitrogens with one attached hydrogen (secondary N) is 1. The summed E-state index contributed by atoms with van der Waals surface area (Å²) >= 11 is 0. The molecule has 1 N–H and O–H groups in total. The van der Waals surface area contributed by atoms with E-state index in [1.807, 2.05) is 13.0 Å². The van der Waals surface area contributed by atoms with Crippen molar-refractivity contribution < 1.29 is 14.3 Å². The summed E-state index contributed by atoms with van der Waals surface area (Å²) < 4.78 is 10.6. The van der Waals surface area contributed by atoms with Crippen molar-refractivity contribution in [2.75, 3.05) is 26.8 Å². The first kappa shape index (κ1) is 18.4. The fourth-order valence-electron chi connectivity index (χ4n) is 5.09. The number of carbonyl (C=O) groups is 1. The number of hydrogen-bond donors (Lipinski definition) is 1. The van der Waals surface area contributed by atoms with Gasteiger partial charge < -0.3 is 14.5 Å². The Hall–Kier alpha value is -2.01. The molecule has 146 valence electrons. The Morgan fingerprint density at radius 1 is 1.30 bits per heavy atom. The van der Waals surface area contributed by atoms with E-state index in [0.29, 0.717) is 30.9 Å². The van der Waals surface area contributed by atoms with Gasteiger partial charge in [-0.15, -0.1) is 0 Å². The summed E-state index contributed by atoms with van der Waals surface area (Å²) in [6.07, 6.45) is 3.76. The molecule has 1 aromatic heterocycles. The maximum Gasteiger partial charge on any atom is 0.306 e. The quantitative estimate of drug-likeness (QED) is 0.806. The SMILES string of the molecule is CCOC(=O)C[C@H]1C[C@H]2c3[nH]c4cc(OC)ccc4c3CCN2C[C@@H]1CC. The Kier molecular flexibility index (Phi) is 5.13. The highest BCUT2D eigenvalue weighted by atomic mass is 16.5. The van der Waals surface area contributed by atoms with Crippen molar-refractivity contribution in [1.29, 1.82) is 0 Å². The van der Waals surface area contributed by atoms with Crippen LogP contribution in [0.25, 0.3) is 10.9 Å². The molecule has 2 aromatic rings. The van der Waals surface area contributed by atoms with E-state index < -0.39 is 0 Å². The van der Waals surface area contributed by atoms with Crippen molar-refractivity contribution in [3.63, 3.8) is 0 Å². The highest BCUT2D eigenvalue weighted by Gasteiger charge is 2.40. The number of esters is 1. The van der Waals surface area contributed by atoms with Crippen LogP contribution in [0, 0.1) is 11.8 Å². The lowest BCUT2D eigenvalue weighted by molar-refractivity contribution is -0.145. The molecular formula is C22H30N2O3. The zero-order valence-electron chi connectivity index (χ0n) is 16.6. The Bertz CT molecular complexity index is 828. The molecular weight excluding hydrogens is 340 g/mol. The van der Waals surface area contributed by atoms with Crippen LogP contribution in [-0.2, 0) is 16.0 Å². The number of nitrogens with zero attached hydrogens (tertiary/aromatic N) is 1. The third kappa shape index (κ3) is 3.33. The average molecular weight is 370 g/mol. The fraction of sp³-hybridized carbons (Fsp3) is 0.591. The molecule has 1 aromatic carbocycles. The Balaban J connectivity index is 1.64. The maximum atomic E-state index is 12.1. The largest absolute Gasteiger partial charge is 0.497 e. The molecule has 0 unspecified atom stereocenters. The van der Waals surface area contributed by atoms with Crippen LogP contribution in [-0.4, -0.2) is 42.7 Å². The van der Waals surface area contributed by atoms with Gasteiger partial charge in [-0.05, 0) is 49.3 Å². The molecule has 0 spiro atoms. The lowest BCUT2D eigenvalue weighted by atomic mass is 9.76. The molecule has 2 aliphatic rings. The van der Waals surface area contributed by atoms with E-state index in [0.717, 1.165) is 43.6 Å². The number of methoxy groups -OCH3 is 1. The summed E-state index contributed by atoms with van der Waals surface area (Å²) in [7, 11) is 1.71. The van der Waals surface area contributed by atoms with Crippen LogP contribution in [0.3, 0.4) is 0 Å². The first-order chi connectivity index (χ1) is 13.1. The third-order valence-corrected chi connectivity index (χ3v) is 6.49. The maximum absolute atomic E-state index is 12.1. The number of piperidine rings is 1. The summed E-state index contributed by atoms with van der Waals surface area (Å²) in [6, 6.07) is 6.67. The summed E-state index contributed by atoms with van der Waals surface area (Å²) in [5, 5.41) is 1.31. The molecule has 5 nitrogen and oxygen atoms in total. The first-order valence-corrected chi connectivity index (χ1v) is 10.2. The van der Waals surface area contributed by atoms with Crippen molar-refractivity contribution in [2.45, 2.75) is 45.6 Å². The van der Waals surface area contributed by atoms with Gasteiger partial charge in [-0.1, -0.05) is 13.3 Å². The molecule has 27 heavy (non-hydrogen) atoms. The first-order valence-electron chi connectivity index (χ1n) is 10.2. The van der Waals surface area contributed by atoms with Crippen molar-refractivity contribution in [3.8, 4) is 5.75 Å². The van der Waals surface area contributed by atoms with Gasteiger partial charge in [-0.2, -0.15) is 0 Å². The van der Waals surface area contributed by atoms with E-state index >= 15 is 0 Å². The zero-order chi connectivity index (χ0) is 19.0. The normalized spacial score (nSPS) is 25.1. The second kappa shape index (κ2) is 7.55. The monoisotopic (exact) mass is 370 g/mol. The molecule has 4 rings (SSSR count). The lowest BCUT2D eigenvalue weighted by Gasteiger charge is -2.46. The van der Waals surface area contributed by atoms with Gasteiger partial charge in [0.05, 0.1) is 19.8 Å². The smallest absolute Gasteiger partial charge is 0.306 e. The topological polar surface area (TPSA) is 54.6 Å². The second-order valence-corrected chi connectivity index (χ2v) is 7.86. The molecule has 0 saturated carbocycles. The molecule has 0 radical (unpaired) electrons. The minimum absolute atomic E-state index is 0.0492. The predicted octanol–water partition coefficient (Wildman–Crippen LogP) is 4.08. The van der Waals surface area contributed by atoms with E-state index in [-0.39, 0.29) is 5.97 Å². The van der Waals surface area contributed by atoms with E-state index in [1.54, 1.807) is 7.11 Å². The molecule has 2 aliphatic heterocycles.